The molecule has 0 radical (unpaired) electrons. The fraction of sp³-hybridized carbons (Fsp3) is 0.750. The standard InChI is InChI=1S/C16H26/c1-12-7-8-15(5)10-13(2)14(3,4)11-16(15,6)9-12/h9H,2,7-8,10-11H2,1,3-6H3/t15-,16-/m1/s1. The van der Waals surface area contributed by atoms with Gasteiger partial charge < -0.3 is 0 Å². The first-order chi connectivity index (χ1) is 7.19. The third kappa shape index (κ3) is 1.58. The molecule has 0 aromatic carbocycles. The van der Waals surface area contributed by atoms with Crippen LogP contribution in [0.2, 0.25) is 0 Å². The number of rotatable bonds is 0. The summed E-state index contributed by atoms with van der Waals surface area (Å²) in [5, 5.41) is 0. The zero-order valence-electron chi connectivity index (χ0n) is 11.6. The molecule has 0 aromatic heterocycles. The molecular formula is C16H26. The van der Waals surface area contributed by atoms with E-state index in [0.29, 0.717) is 16.2 Å². The van der Waals surface area contributed by atoms with E-state index in [2.05, 4.69) is 47.3 Å². The molecule has 0 heteroatoms. The number of hydrogen-bond donors (Lipinski definition) is 0. The van der Waals surface area contributed by atoms with E-state index in [1.54, 1.807) is 5.57 Å². The van der Waals surface area contributed by atoms with E-state index in [9.17, 15) is 0 Å². The summed E-state index contributed by atoms with van der Waals surface area (Å²) < 4.78 is 0. The van der Waals surface area contributed by atoms with E-state index in [-0.39, 0.29) is 0 Å². The summed E-state index contributed by atoms with van der Waals surface area (Å²) in [6.07, 6.45) is 7.64. The predicted molar refractivity (Wildman–Crippen MR) is 71.4 cm³/mol. The van der Waals surface area contributed by atoms with Crippen molar-refractivity contribution in [3.05, 3.63) is 23.8 Å². The molecule has 2 rings (SSSR count). The van der Waals surface area contributed by atoms with Crippen LogP contribution in [0.4, 0.5) is 0 Å². The highest BCUT2D eigenvalue weighted by molar-refractivity contribution is 5.26. The highest BCUT2D eigenvalue weighted by atomic mass is 14.6. The largest absolute Gasteiger partial charge is 0.0993 e. The summed E-state index contributed by atoms with van der Waals surface area (Å²) in [5.74, 6) is 0. The molecule has 0 spiro atoms. The number of fused-ring (bicyclic) bond motifs is 1. The Balaban J connectivity index is 2.44. The van der Waals surface area contributed by atoms with Crippen LogP contribution in [0, 0.1) is 16.2 Å². The van der Waals surface area contributed by atoms with Crippen molar-refractivity contribution in [1.82, 2.24) is 0 Å². The predicted octanol–water partition coefficient (Wildman–Crippen LogP) is 5.12. The molecule has 0 N–H and O–H groups in total. The van der Waals surface area contributed by atoms with Gasteiger partial charge in [-0.15, -0.1) is 0 Å². The third-order valence-electron chi connectivity index (χ3n) is 5.38. The van der Waals surface area contributed by atoms with Crippen LogP contribution in [-0.4, -0.2) is 0 Å². The average molecular weight is 218 g/mol. The molecule has 0 unspecified atom stereocenters. The molecule has 0 aliphatic heterocycles. The van der Waals surface area contributed by atoms with Gasteiger partial charge in [-0.3, -0.25) is 0 Å². The molecule has 1 fully saturated rings. The minimum atomic E-state index is 0.308. The van der Waals surface area contributed by atoms with Gasteiger partial charge in [0, 0.05) is 0 Å². The Bertz CT molecular complexity index is 358. The molecule has 0 saturated heterocycles. The topological polar surface area (TPSA) is 0 Å². The molecule has 16 heavy (non-hydrogen) atoms. The van der Waals surface area contributed by atoms with Crippen LogP contribution in [-0.2, 0) is 0 Å². The van der Waals surface area contributed by atoms with Crippen molar-refractivity contribution in [3.8, 4) is 0 Å². The van der Waals surface area contributed by atoms with Crippen molar-refractivity contribution >= 4 is 0 Å². The second kappa shape index (κ2) is 3.24. The van der Waals surface area contributed by atoms with Crippen molar-refractivity contribution in [2.45, 2.75) is 60.3 Å². The van der Waals surface area contributed by atoms with Crippen LogP contribution in [0.5, 0.6) is 0 Å². The van der Waals surface area contributed by atoms with Gasteiger partial charge in [0.05, 0.1) is 0 Å². The van der Waals surface area contributed by atoms with Crippen molar-refractivity contribution in [3.63, 3.8) is 0 Å². The van der Waals surface area contributed by atoms with Crippen LogP contribution >= 0.6 is 0 Å². The fourth-order valence-electron chi connectivity index (χ4n) is 3.86. The van der Waals surface area contributed by atoms with Crippen LogP contribution in [0.3, 0.4) is 0 Å². The third-order valence-corrected chi connectivity index (χ3v) is 5.38. The van der Waals surface area contributed by atoms with Crippen molar-refractivity contribution < 1.29 is 0 Å². The van der Waals surface area contributed by atoms with Gasteiger partial charge in [-0.1, -0.05) is 51.5 Å². The zero-order chi connectivity index (χ0) is 12.2. The fourth-order valence-corrected chi connectivity index (χ4v) is 3.86. The van der Waals surface area contributed by atoms with Gasteiger partial charge in [0.25, 0.3) is 0 Å². The maximum absolute atomic E-state index is 4.33. The van der Waals surface area contributed by atoms with Gasteiger partial charge >= 0.3 is 0 Å². The highest BCUT2D eigenvalue weighted by Gasteiger charge is 2.52. The molecule has 0 nitrogen and oxygen atoms in total. The molecule has 2 aliphatic carbocycles. The highest BCUT2D eigenvalue weighted by Crippen LogP contribution is 2.62. The smallest absolute Gasteiger partial charge is 0.00789 e. The molecule has 2 aliphatic rings. The lowest BCUT2D eigenvalue weighted by Gasteiger charge is -2.57. The summed E-state index contributed by atoms with van der Waals surface area (Å²) in [5.41, 5.74) is 4.17. The van der Waals surface area contributed by atoms with E-state index >= 15 is 0 Å². The normalized spacial score (nSPS) is 42.6. The van der Waals surface area contributed by atoms with E-state index < -0.39 is 0 Å². The van der Waals surface area contributed by atoms with Gasteiger partial charge in [0.1, 0.15) is 0 Å². The molecular weight excluding hydrogens is 192 g/mol. The van der Waals surface area contributed by atoms with Gasteiger partial charge in [-0.25, -0.2) is 0 Å². The SMILES string of the molecule is C=C1C[C@@]2(C)CCC(C)=C[C@]2(C)CC1(C)C. The molecule has 0 amide bonds. The maximum atomic E-state index is 4.33. The quantitative estimate of drug-likeness (QED) is 0.495. The summed E-state index contributed by atoms with van der Waals surface area (Å²) >= 11 is 0. The number of hydrogen-bond acceptors (Lipinski definition) is 0. The Morgan fingerprint density at radius 2 is 1.81 bits per heavy atom. The minimum Gasteiger partial charge on any atom is -0.0993 e. The molecule has 1 saturated carbocycles. The summed E-state index contributed by atoms with van der Waals surface area (Å²) in [7, 11) is 0. The summed E-state index contributed by atoms with van der Waals surface area (Å²) in [4.78, 5) is 0. The lowest BCUT2D eigenvalue weighted by Crippen LogP contribution is -2.47. The van der Waals surface area contributed by atoms with Crippen LogP contribution in [0.15, 0.2) is 23.8 Å². The van der Waals surface area contributed by atoms with Gasteiger partial charge in [-0.05, 0) is 48.9 Å². The van der Waals surface area contributed by atoms with E-state index in [1.807, 2.05) is 0 Å². The van der Waals surface area contributed by atoms with Crippen LogP contribution in [0.25, 0.3) is 0 Å². The van der Waals surface area contributed by atoms with Gasteiger partial charge in [0.15, 0.2) is 0 Å². The van der Waals surface area contributed by atoms with Gasteiger partial charge in [0.2, 0.25) is 0 Å². The van der Waals surface area contributed by atoms with E-state index in [4.69, 9.17) is 0 Å². The van der Waals surface area contributed by atoms with Crippen molar-refractivity contribution in [2.75, 3.05) is 0 Å². The maximum Gasteiger partial charge on any atom is -0.00789 e. The lowest BCUT2D eigenvalue weighted by atomic mass is 9.47. The van der Waals surface area contributed by atoms with E-state index in [0.717, 1.165) is 0 Å². The Hall–Kier alpha value is -0.520. The average Bonchev–Trinajstić information content (AvgIpc) is 2.09. The Morgan fingerprint density at radius 3 is 2.44 bits per heavy atom. The molecule has 0 aromatic rings. The molecule has 90 valence electrons. The lowest BCUT2D eigenvalue weighted by molar-refractivity contribution is 0.0195. The van der Waals surface area contributed by atoms with Crippen molar-refractivity contribution in [2.24, 2.45) is 16.2 Å². The first-order valence-electron chi connectivity index (χ1n) is 6.55. The molecule has 0 bridgehead atoms. The second-order valence-corrected chi connectivity index (χ2v) is 7.31. The van der Waals surface area contributed by atoms with Crippen molar-refractivity contribution in [1.29, 1.82) is 0 Å². The molecule has 0 heterocycles. The second-order valence-electron chi connectivity index (χ2n) is 7.31. The summed E-state index contributed by atoms with van der Waals surface area (Å²) in [6, 6.07) is 0. The van der Waals surface area contributed by atoms with Crippen LogP contribution < -0.4 is 0 Å². The Labute approximate surface area is 101 Å². The monoisotopic (exact) mass is 218 g/mol. The summed E-state index contributed by atoms with van der Waals surface area (Å²) in [6.45, 7) is 16.3. The Morgan fingerprint density at radius 1 is 1.19 bits per heavy atom. The first-order valence-corrected chi connectivity index (χ1v) is 6.55. The first kappa shape index (κ1) is 12.0. The molecule has 2 atom stereocenters. The van der Waals surface area contributed by atoms with Crippen LogP contribution in [0.1, 0.15) is 60.3 Å². The van der Waals surface area contributed by atoms with E-state index in [1.165, 1.54) is 31.3 Å². The zero-order valence-corrected chi connectivity index (χ0v) is 11.6. The van der Waals surface area contributed by atoms with Gasteiger partial charge in [-0.2, -0.15) is 0 Å². The number of allylic oxidation sites excluding steroid dienone is 3. The Kier molecular flexibility index (Phi) is 2.42. The minimum absolute atomic E-state index is 0.308.